The van der Waals surface area contributed by atoms with Gasteiger partial charge >= 0.3 is 0 Å². The highest BCUT2D eigenvalue weighted by molar-refractivity contribution is 6.17. The summed E-state index contributed by atoms with van der Waals surface area (Å²) in [4.78, 5) is 29.3. The number of fused-ring (bicyclic) bond motifs is 1. The minimum atomic E-state index is -0.612. The molecule has 1 aliphatic carbocycles. The molecule has 1 N–H and O–H groups in total. The monoisotopic (exact) mass is 345 g/mol. The number of rotatable bonds is 3. The fourth-order valence-corrected chi connectivity index (χ4v) is 4.57. The average Bonchev–Trinajstić information content (AvgIpc) is 3.17. The number of H-pyrrole nitrogens is 1. The van der Waals surface area contributed by atoms with Crippen LogP contribution < -0.4 is 0 Å². The smallest absolute Gasteiger partial charge is 0.195 e. The number of carbonyl (C=O) groups is 2. The van der Waals surface area contributed by atoms with Crippen molar-refractivity contribution in [3.8, 4) is 0 Å². The lowest BCUT2D eigenvalue weighted by molar-refractivity contribution is -0.121. The molecule has 26 heavy (non-hydrogen) atoms. The second-order valence-corrected chi connectivity index (χ2v) is 8.41. The fraction of sp³-hybridized carbons (Fsp3) is 0.304. The van der Waals surface area contributed by atoms with Crippen molar-refractivity contribution in [3.05, 3.63) is 71.5 Å². The van der Waals surface area contributed by atoms with E-state index >= 15 is 0 Å². The number of carbonyl (C=O) groups excluding carboxylic acids is 2. The Kier molecular flexibility index (Phi) is 3.65. The maximum Gasteiger partial charge on any atom is 0.195 e. The van der Waals surface area contributed by atoms with E-state index in [-0.39, 0.29) is 17.0 Å². The molecule has 4 rings (SSSR count). The summed E-state index contributed by atoms with van der Waals surface area (Å²) < 4.78 is 0. The molecule has 1 fully saturated rings. The highest BCUT2D eigenvalue weighted by Gasteiger charge is 2.49. The zero-order valence-electron chi connectivity index (χ0n) is 15.4. The van der Waals surface area contributed by atoms with Crippen molar-refractivity contribution in [1.82, 2.24) is 4.98 Å². The maximum absolute atomic E-state index is 13.4. The molecule has 1 saturated carbocycles. The molecule has 0 aliphatic heterocycles. The van der Waals surface area contributed by atoms with Crippen LogP contribution in [0.5, 0.6) is 0 Å². The third-order valence-corrected chi connectivity index (χ3v) is 5.71. The molecule has 1 aromatic heterocycles. The molecular weight excluding hydrogens is 322 g/mol. The Hall–Kier alpha value is -2.68. The SMILES string of the molecule is CC1(C)CC(=O)C(C)(c2c[nH]cc2C(=O)c2cccc3ccccc23)C1. The van der Waals surface area contributed by atoms with Crippen molar-refractivity contribution in [2.75, 3.05) is 0 Å². The van der Waals surface area contributed by atoms with Crippen LogP contribution in [-0.4, -0.2) is 16.6 Å². The van der Waals surface area contributed by atoms with Gasteiger partial charge in [0.25, 0.3) is 0 Å². The average molecular weight is 345 g/mol. The van der Waals surface area contributed by atoms with Crippen LogP contribution in [0.2, 0.25) is 0 Å². The third kappa shape index (κ3) is 2.50. The topological polar surface area (TPSA) is 49.9 Å². The highest BCUT2D eigenvalue weighted by atomic mass is 16.1. The van der Waals surface area contributed by atoms with E-state index in [0.29, 0.717) is 17.5 Å². The predicted octanol–water partition coefficient (Wildman–Crippen LogP) is 5.05. The number of hydrogen-bond donors (Lipinski definition) is 1. The first-order valence-corrected chi connectivity index (χ1v) is 9.05. The number of nitrogens with one attached hydrogen (secondary N) is 1. The summed E-state index contributed by atoms with van der Waals surface area (Å²) >= 11 is 0. The second-order valence-electron chi connectivity index (χ2n) is 8.41. The first-order valence-electron chi connectivity index (χ1n) is 9.05. The molecule has 0 radical (unpaired) electrons. The Morgan fingerprint density at radius 3 is 2.42 bits per heavy atom. The van der Waals surface area contributed by atoms with Gasteiger partial charge in [0.2, 0.25) is 0 Å². The highest BCUT2D eigenvalue weighted by Crippen LogP contribution is 2.49. The first-order chi connectivity index (χ1) is 12.3. The van der Waals surface area contributed by atoms with Gasteiger partial charge in [-0.05, 0) is 35.1 Å². The normalized spacial score (nSPS) is 22.0. The van der Waals surface area contributed by atoms with Crippen LogP contribution >= 0.6 is 0 Å². The van der Waals surface area contributed by atoms with Crippen molar-refractivity contribution in [2.45, 2.75) is 39.0 Å². The van der Waals surface area contributed by atoms with Gasteiger partial charge in [-0.2, -0.15) is 0 Å². The Bertz CT molecular complexity index is 1020. The molecule has 3 aromatic rings. The number of Topliss-reactive ketones (excluding diaryl/α,β-unsaturated/α-hetero) is 1. The molecule has 0 amide bonds. The standard InChI is InChI=1S/C23H23NO2/c1-22(2)11-20(25)23(3,14-22)19-13-24-12-18(19)21(26)17-10-6-8-15-7-4-5-9-16(15)17/h4-10,12-13,24H,11,14H2,1-3H3. The molecule has 1 atom stereocenters. The Labute approximate surface area is 153 Å². The minimum Gasteiger partial charge on any atom is -0.367 e. The number of aromatic amines is 1. The van der Waals surface area contributed by atoms with E-state index in [0.717, 1.165) is 22.8 Å². The summed E-state index contributed by atoms with van der Waals surface area (Å²) in [6.45, 7) is 6.22. The van der Waals surface area contributed by atoms with Gasteiger partial charge in [-0.15, -0.1) is 0 Å². The quantitative estimate of drug-likeness (QED) is 0.676. The molecule has 1 unspecified atom stereocenters. The zero-order chi connectivity index (χ0) is 18.5. The molecule has 3 nitrogen and oxygen atoms in total. The molecular formula is C23H23NO2. The lowest BCUT2D eigenvalue weighted by Crippen LogP contribution is -2.28. The van der Waals surface area contributed by atoms with Gasteiger partial charge in [-0.1, -0.05) is 56.3 Å². The number of benzene rings is 2. The van der Waals surface area contributed by atoms with Gasteiger partial charge in [0.05, 0.1) is 5.41 Å². The van der Waals surface area contributed by atoms with Crippen molar-refractivity contribution >= 4 is 22.3 Å². The maximum atomic E-state index is 13.4. The molecule has 132 valence electrons. The Balaban J connectivity index is 1.83. The van der Waals surface area contributed by atoms with Crippen molar-refractivity contribution in [3.63, 3.8) is 0 Å². The number of aromatic nitrogens is 1. The molecule has 2 aromatic carbocycles. The van der Waals surface area contributed by atoms with Crippen LogP contribution in [0.25, 0.3) is 10.8 Å². The van der Waals surface area contributed by atoms with Crippen LogP contribution in [0.4, 0.5) is 0 Å². The van der Waals surface area contributed by atoms with E-state index in [1.54, 1.807) is 6.20 Å². The van der Waals surface area contributed by atoms with Gasteiger partial charge in [0.15, 0.2) is 5.78 Å². The van der Waals surface area contributed by atoms with Crippen LogP contribution in [0.1, 0.15) is 55.1 Å². The van der Waals surface area contributed by atoms with E-state index < -0.39 is 5.41 Å². The second kappa shape index (κ2) is 5.66. The van der Waals surface area contributed by atoms with Gasteiger partial charge in [0.1, 0.15) is 5.78 Å². The van der Waals surface area contributed by atoms with Crippen molar-refractivity contribution in [1.29, 1.82) is 0 Å². The third-order valence-electron chi connectivity index (χ3n) is 5.71. The van der Waals surface area contributed by atoms with Crippen molar-refractivity contribution < 1.29 is 9.59 Å². The van der Waals surface area contributed by atoms with E-state index in [1.165, 1.54) is 0 Å². The van der Waals surface area contributed by atoms with Gasteiger partial charge in [0, 0.05) is 29.9 Å². The van der Waals surface area contributed by atoms with Gasteiger partial charge < -0.3 is 4.98 Å². The van der Waals surface area contributed by atoms with E-state index in [1.807, 2.05) is 55.6 Å². The predicted molar refractivity (Wildman–Crippen MR) is 104 cm³/mol. The van der Waals surface area contributed by atoms with E-state index in [9.17, 15) is 9.59 Å². The summed E-state index contributed by atoms with van der Waals surface area (Å²) in [5, 5.41) is 1.98. The Morgan fingerprint density at radius 2 is 1.69 bits per heavy atom. The largest absolute Gasteiger partial charge is 0.367 e. The first kappa shape index (κ1) is 16.8. The summed E-state index contributed by atoms with van der Waals surface area (Å²) in [6.07, 6.45) is 4.88. The number of hydrogen-bond acceptors (Lipinski definition) is 2. The van der Waals surface area contributed by atoms with Crippen LogP contribution in [0.15, 0.2) is 54.9 Å². The lowest BCUT2D eigenvalue weighted by Gasteiger charge is -2.25. The molecule has 1 aliphatic rings. The fourth-order valence-electron chi connectivity index (χ4n) is 4.57. The molecule has 1 heterocycles. The zero-order valence-corrected chi connectivity index (χ0v) is 15.4. The van der Waals surface area contributed by atoms with Gasteiger partial charge in [-0.25, -0.2) is 0 Å². The Morgan fingerprint density at radius 1 is 0.962 bits per heavy atom. The minimum absolute atomic E-state index is 0.0308. The van der Waals surface area contributed by atoms with Crippen molar-refractivity contribution in [2.24, 2.45) is 5.41 Å². The number of ketones is 2. The summed E-state index contributed by atoms with van der Waals surface area (Å²) in [5.41, 5.74) is 1.46. The lowest BCUT2D eigenvalue weighted by atomic mass is 9.76. The molecule has 0 bridgehead atoms. The summed E-state index contributed by atoms with van der Waals surface area (Å²) in [6, 6.07) is 13.7. The van der Waals surface area contributed by atoms with E-state index in [4.69, 9.17) is 0 Å². The van der Waals surface area contributed by atoms with Crippen LogP contribution in [0, 0.1) is 5.41 Å². The molecule has 0 spiro atoms. The van der Waals surface area contributed by atoms with E-state index in [2.05, 4.69) is 18.8 Å². The van der Waals surface area contributed by atoms with Crippen LogP contribution in [0.3, 0.4) is 0 Å². The van der Waals surface area contributed by atoms with Gasteiger partial charge in [-0.3, -0.25) is 9.59 Å². The van der Waals surface area contributed by atoms with Crippen LogP contribution in [-0.2, 0) is 10.2 Å². The summed E-state index contributed by atoms with van der Waals surface area (Å²) in [5.74, 6) is 0.186. The summed E-state index contributed by atoms with van der Waals surface area (Å²) in [7, 11) is 0. The molecule has 3 heteroatoms. The molecule has 0 saturated heterocycles.